The molecule has 2 fully saturated rings. The minimum atomic E-state index is -1.04. The second kappa shape index (κ2) is 10.2. The fraction of sp³-hybridized carbons (Fsp3) is 0.462. The van der Waals surface area contributed by atoms with Crippen LogP contribution >= 0.6 is 0 Å². The number of hydrogen-bond donors (Lipinski definition) is 4. The summed E-state index contributed by atoms with van der Waals surface area (Å²) in [4.78, 5) is 36.7. The third kappa shape index (κ3) is 5.33. The summed E-state index contributed by atoms with van der Waals surface area (Å²) in [6, 6.07) is 4.33. The van der Waals surface area contributed by atoms with Gasteiger partial charge in [0.1, 0.15) is 35.2 Å². The van der Waals surface area contributed by atoms with Crippen molar-refractivity contribution < 1.29 is 23.8 Å². The number of nitrogens with one attached hydrogen (secondary N) is 3. The van der Waals surface area contributed by atoms with Crippen LogP contribution in [0.1, 0.15) is 55.8 Å². The van der Waals surface area contributed by atoms with Gasteiger partial charge in [-0.25, -0.2) is 14.4 Å². The van der Waals surface area contributed by atoms with Crippen molar-refractivity contribution in [1.82, 2.24) is 25.6 Å². The number of aromatic nitrogens is 3. The zero-order chi connectivity index (χ0) is 25.2. The quantitative estimate of drug-likeness (QED) is 0.380. The molecule has 0 spiro atoms. The Balaban J connectivity index is 1.30. The first-order valence-electron chi connectivity index (χ1n) is 12.4. The van der Waals surface area contributed by atoms with Crippen molar-refractivity contribution in [1.29, 1.82) is 0 Å². The topological polar surface area (TPSA) is 129 Å². The first-order valence-corrected chi connectivity index (χ1v) is 12.4. The first-order chi connectivity index (χ1) is 17.4. The Kier molecular flexibility index (Phi) is 6.86. The molecule has 0 radical (unpaired) electrons. The highest BCUT2D eigenvalue weighted by molar-refractivity contribution is 6.07. The van der Waals surface area contributed by atoms with Gasteiger partial charge in [0.2, 0.25) is 5.91 Å². The number of carbonyl (C=O) groups excluding carboxylic acids is 2. The Morgan fingerprint density at radius 2 is 1.86 bits per heavy atom. The van der Waals surface area contributed by atoms with Gasteiger partial charge in [-0.2, -0.15) is 0 Å². The van der Waals surface area contributed by atoms with E-state index in [-0.39, 0.29) is 29.7 Å². The molecule has 1 atom stereocenters. The van der Waals surface area contributed by atoms with Crippen LogP contribution in [0, 0.1) is 11.7 Å². The van der Waals surface area contributed by atoms with Crippen molar-refractivity contribution in [2.75, 3.05) is 6.61 Å². The number of fused-ring (bicyclic) bond motifs is 1. The summed E-state index contributed by atoms with van der Waals surface area (Å²) in [5.74, 6) is -0.0777. The molecule has 2 saturated carbocycles. The first kappa shape index (κ1) is 24.2. The standard InChI is InChI=1S/C26H30FN5O4/c1-14(33)25(34)31-17-5-7-18(8-6-17)32-26(35)20-11-28-24-22(29-13-30-23(20)24)19-9-4-16(27)10-21(19)36-12-15-2-3-15/h4,9-11,13-15,17-18,28,33H,2-3,5-8,12H2,1H3,(H,31,34)(H,32,35)/t14-,17?,18?/m0/s1. The fourth-order valence-electron chi connectivity index (χ4n) is 4.59. The van der Waals surface area contributed by atoms with Crippen LogP contribution in [0.5, 0.6) is 5.75 Å². The Labute approximate surface area is 207 Å². The van der Waals surface area contributed by atoms with E-state index < -0.39 is 6.10 Å². The average molecular weight is 496 g/mol. The van der Waals surface area contributed by atoms with Crippen molar-refractivity contribution in [3.8, 4) is 17.0 Å². The molecule has 0 unspecified atom stereocenters. The molecule has 36 heavy (non-hydrogen) atoms. The lowest BCUT2D eigenvalue weighted by molar-refractivity contribution is -0.129. The second-order valence-electron chi connectivity index (χ2n) is 9.75. The minimum Gasteiger partial charge on any atom is -0.492 e. The van der Waals surface area contributed by atoms with Crippen LogP contribution < -0.4 is 15.4 Å². The van der Waals surface area contributed by atoms with E-state index in [0.29, 0.717) is 46.1 Å². The summed E-state index contributed by atoms with van der Waals surface area (Å²) in [6.45, 7) is 1.98. The van der Waals surface area contributed by atoms with Crippen molar-refractivity contribution in [3.05, 3.63) is 42.1 Å². The van der Waals surface area contributed by atoms with E-state index in [1.54, 1.807) is 12.3 Å². The van der Waals surface area contributed by atoms with E-state index in [9.17, 15) is 19.1 Å². The smallest absolute Gasteiger partial charge is 0.255 e. The maximum atomic E-state index is 14.0. The maximum Gasteiger partial charge on any atom is 0.255 e. The van der Waals surface area contributed by atoms with E-state index >= 15 is 0 Å². The van der Waals surface area contributed by atoms with Gasteiger partial charge in [-0.3, -0.25) is 9.59 Å². The molecule has 2 heterocycles. The molecule has 190 valence electrons. The molecule has 2 aliphatic carbocycles. The van der Waals surface area contributed by atoms with Crippen LogP contribution in [-0.2, 0) is 4.79 Å². The Bertz CT molecular complexity index is 1260. The summed E-state index contributed by atoms with van der Waals surface area (Å²) < 4.78 is 19.9. The number of aromatic amines is 1. The van der Waals surface area contributed by atoms with E-state index in [4.69, 9.17) is 4.74 Å². The molecule has 2 aliphatic rings. The number of carbonyl (C=O) groups is 2. The summed E-state index contributed by atoms with van der Waals surface area (Å²) in [7, 11) is 0. The van der Waals surface area contributed by atoms with E-state index in [1.807, 2.05) is 0 Å². The molecule has 4 N–H and O–H groups in total. The van der Waals surface area contributed by atoms with E-state index in [2.05, 4.69) is 25.6 Å². The van der Waals surface area contributed by atoms with Crippen molar-refractivity contribution >= 4 is 22.8 Å². The number of rotatable bonds is 8. The molecule has 2 aromatic heterocycles. The molecule has 0 aliphatic heterocycles. The number of H-pyrrole nitrogens is 1. The summed E-state index contributed by atoms with van der Waals surface area (Å²) in [5.41, 5.74) is 2.64. The molecule has 9 nitrogen and oxygen atoms in total. The zero-order valence-electron chi connectivity index (χ0n) is 20.1. The highest BCUT2D eigenvalue weighted by Crippen LogP contribution is 2.36. The maximum absolute atomic E-state index is 14.0. The minimum absolute atomic E-state index is 0.00400. The molecular weight excluding hydrogens is 465 g/mol. The SMILES string of the molecule is C[C@H](O)C(=O)NC1CCC(NC(=O)c2c[nH]c3c(-c4ccc(F)cc4OCC4CC4)ncnc23)CC1. The van der Waals surface area contributed by atoms with Crippen LogP contribution in [0.4, 0.5) is 4.39 Å². The van der Waals surface area contributed by atoms with Gasteiger partial charge >= 0.3 is 0 Å². The second-order valence-corrected chi connectivity index (χ2v) is 9.75. The normalized spacial score (nSPS) is 20.6. The van der Waals surface area contributed by atoms with Crippen molar-refractivity contribution in [2.45, 2.75) is 63.6 Å². The van der Waals surface area contributed by atoms with Crippen LogP contribution in [0.2, 0.25) is 0 Å². The van der Waals surface area contributed by atoms with Gasteiger partial charge in [-0.15, -0.1) is 0 Å². The Hall–Kier alpha value is -3.53. The van der Waals surface area contributed by atoms with Crippen molar-refractivity contribution in [3.63, 3.8) is 0 Å². The number of halogens is 1. The van der Waals surface area contributed by atoms with Crippen LogP contribution in [0.25, 0.3) is 22.3 Å². The van der Waals surface area contributed by atoms with E-state index in [0.717, 1.165) is 38.5 Å². The lowest BCUT2D eigenvalue weighted by Crippen LogP contribution is -2.45. The number of nitrogens with zero attached hydrogens (tertiary/aromatic N) is 2. The average Bonchev–Trinajstić information content (AvgIpc) is 3.59. The number of hydrogen-bond acceptors (Lipinski definition) is 6. The van der Waals surface area contributed by atoms with Crippen LogP contribution in [0.15, 0.2) is 30.7 Å². The highest BCUT2D eigenvalue weighted by Gasteiger charge is 2.27. The molecule has 0 saturated heterocycles. The van der Waals surface area contributed by atoms with Gasteiger partial charge in [0, 0.05) is 29.9 Å². The molecular formula is C26H30FN5O4. The summed E-state index contributed by atoms with van der Waals surface area (Å²) >= 11 is 0. The predicted molar refractivity (Wildman–Crippen MR) is 131 cm³/mol. The van der Waals surface area contributed by atoms with Gasteiger partial charge in [0.25, 0.3) is 5.91 Å². The van der Waals surface area contributed by atoms with Gasteiger partial charge in [-0.1, -0.05) is 0 Å². The van der Waals surface area contributed by atoms with Crippen molar-refractivity contribution in [2.24, 2.45) is 5.92 Å². The predicted octanol–water partition coefficient (Wildman–Crippen LogP) is 3.09. The van der Waals surface area contributed by atoms with Crippen LogP contribution in [-0.4, -0.2) is 56.7 Å². The lowest BCUT2D eigenvalue weighted by Gasteiger charge is -2.29. The Morgan fingerprint density at radius 3 is 2.56 bits per heavy atom. The summed E-state index contributed by atoms with van der Waals surface area (Å²) in [6.07, 6.45) is 7.09. The highest BCUT2D eigenvalue weighted by atomic mass is 19.1. The van der Waals surface area contributed by atoms with Gasteiger partial charge in [-0.05, 0) is 63.5 Å². The molecule has 10 heteroatoms. The van der Waals surface area contributed by atoms with Gasteiger partial charge < -0.3 is 25.5 Å². The Morgan fingerprint density at radius 1 is 1.14 bits per heavy atom. The third-order valence-corrected chi connectivity index (χ3v) is 6.87. The van der Waals surface area contributed by atoms with Crippen LogP contribution in [0.3, 0.4) is 0 Å². The summed E-state index contributed by atoms with van der Waals surface area (Å²) in [5, 5.41) is 15.3. The third-order valence-electron chi connectivity index (χ3n) is 6.87. The van der Waals surface area contributed by atoms with Gasteiger partial charge in [0.15, 0.2) is 0 Å². The number of aliphatic hydroxyl groups is 1. The fourth-order valence-corrected chi connectivity index (χ4v) is 4.59. The largest absolute Gasteiger partial charge is 0.492 e. The zero-order valence-corrected chi connectivity index (χ0v) is 20.1. The van der Waals surface area contributed by atoms with Gasteiger partial charge in [0.05, 0.1) is 17.7 Å². The molecule has 1 aromatic carbocycles. The number of amides is 2. The van der Waals surface area contributed by atoms with E-state index in [1.165, 1.54) is 25.4 Å². The number of aliphatic hydroxyl groups excluding tert-OH is 1. The number of ether oxygens (including phenoxy) is 1. The lowest BCUT2D eigenvalue weighted by atomic mass is 9.91. The molecule has 2 amide bonds. The molecule has 0 bridgehead atoms. The molecule has 3 aromatic rings. The molecule has 5 rings (SSSR count). The monoisotopic (exact) mass is 495 g/mol. The number of benzene rings is 1.